The summed E-state index contributed by atoms with van der Waals surface area (Å²) in [7, 11) is -0.982. The molecule has 14 heteroatoms. The van der Waals surface area contributed by atoms with E-state index in [2.05, 4.69) is 20.0 Å². The monoisotopic (exact) mass is 495 g/mol. The summed E-state index contributed by atoms with van der Waals surface area (Å²) in [6.45, 7) is 1.83. The molecule has 2 aromatic heterocycles. The molecule has 0 fully saturated rings. The molecule has 0 aliphatic heterocycles. The highest BCUT2D eigenvalue weighted by atomic mass is 32.2. The number of fused-ring (bicyclic) bond motifs is 1. The Morgan fingerprint density at radius 3 is 2.67 bits per heavy atom. The zero-order chi connectivity index (χ0) is 24.2. The van der Waals surface area contributed by atoms with Gasteiger partial charge >= 0.3 is 0 Å². The molecule has 0 unspecified atom stereocenters. The number of amides is 1. The van der Waals surface area contributed by atoms with Gasteiger partial charge in [-0.25, -0.2) is 18.1 Å². The molecule has 0 aliphatic rings. The Bertz CT molecular complexity index is 1310. The van der Waals surface area contributed by atoms with Crippen LogP contribution in [-0.4, -0.2) is 56.5 Å². The van der Waals surface area contributed by atoms with E-state index in [0.29, 0.717) is 32.4 Å². The Morgan fingerprint density at radius 2 is 2.00 bits per heavy atom. The lowest BCUT2D eigenvalue weighted by Gasteiger charge is -2.08. The van der Waals surface area contributed by atoms with E-state index in [4.69, 9.17) is 9.47 Å². The van der Waals surface area contributed by atoms with E-state index in [-0.39, 0.29) is 30.3 Å². The number of carbonyl (C=O) groups is 1. The van der Waals surface area contributed by atoms with E-state index in [1.807, 2.05) is 0 Å². The first-order valence-electron chi connectivity index (χ1n) is 9.53. The van der Waals surface area contributed by atoms with Crippen LogP contribution in [0.4, 0.5) is 5.69 Å². The van der Waals surface area contributed by atoms with Gasteiger partial charge in [0.25, 0.3) is 11.6 Å². The fourth-order valence-electron chi connectivity index (χ4n) is 2.99. The predicted octanol–water partition coefficient (Wildman–Crippen LogP) is 1.77. The van der Waals surface area contributed by atoms with E-state index in [9.17, 15) is 23.3 Å². The van der Waals surface area contributed by atoms with Gasteiger partial charge in [0.05, 0.1) is 27.2 Å². The number of benzene rings is 1. The van der Waals surface area contributed by atoms with Gasteiger partial charge in [0.2, 0.25) is 15.9 Å². The molecule has 2 heterocycles. The van der Waals surface area contributed by atoms with E-state index >= 15 is 0 Å². The molecule has 12 nitrogen and oxygen atoms in total. The summed E-state index contributed by atoms with van der Waals surface area (Å²) in [5.41, 5.74) is 0.309. The van der Waals surface area contributed by atoms with E-state index < -0.39 is 20.9 Å². The van der Waals surface area contributed by atoms with Crippen molar-refractivity contribution in [3.05, 3.63) is 50.6 Å². The Balaban J connectivity index is 1.68. The van der Waals surface area contributed by atoms with Crippen molar-refractivity contribution in [3.8, 4) is 5.88 Å². The van der Waals surface area contributed by atoms with Gasteiger partial charge in [0.1, 0.15) is 11.4 Å². The number of carbonyl (C=O) groups excluding carboxylic acids is 1. The van der Waals surface area contributed by atoms with E-state index in [0.717, 1.165) is 6.07 Å². The van der Waals surface area contributed by atoms with Crippen LogP contribution in [0.2, 0.25) is 0 Å². The number of nitro groups is 1. The Hall–Kier alpha value is -3.20. The molecule has 0 bridgehead atoms. The van der Waals surface area contributed by atoms with Crippen molar-refractivity contribution in [2.45, 2.75) is 18.4 Å². The minimum atomic E-state index is -3.98. The topological polar surface area (TPSA) is 163 Å². The summed E-state index contributed by atoms with van der Waals surface area (Å²) in [6, 6.07) is 4.70. The number of nitro benzene ring substituents is 1. The number of methoxy groups -OCH3 is 2. The number of rotatable bonds is 10. The van der Waals surface area contributed by atoms with Crippen LogP contribution in [0.1, 0.15) is 21.1 Å². The third-order valence-corrected chi connectivity index (χ3v) is 7.16. The summed E-state index contributed by atoms with van der Waals surface area (Å²) in [5.74, 6) is 0.357. The fourth-order valence-corrected chi connectivity index (χ4v) is 5.17. The average Bonchev–Trinajstić information content (AvgIpc) is 3.12. The van der Waals surface area contributed by atoms with Crippen molar-refractivity contribution in [1.82, 2.24) is 20.0 Å². The number of thiophene rings is 1. The molecule has 3 aromatic rings. The lowest BCUT2D eigenvalue weighted by atomic mass is 10.2. The molecule has 2 N–H and O–H groups in total. The molecule has 0 spiro atoms. The third-order valence-electron chi connectivity index (χ3n) is 4.52. The highest BCUT2D eigenvalue weighted by Crippen LogP contribution is 2.35. The molecular weight excluding hydrogens is 474 g/mol. The summed E-state index contributed by atoms with van der Waals surface area (Å²) < 4.78 is 37.4. The summed E-state index contributed by atoms with van der Waals surface area (Å²) in [6.07, 6.45) is 0. The van der Waals surface area contributed by atoms with E-state index in [1.54, 1.807) is 6.92 Å². The molecule has 1 amide bonds. The SMILES string of the molecule is COCc1nc(OC)c2c(C)c(C(=O)NCCNS(=O)(=O)c3cccc([N+](=O)[O-])c3)sc2n1. The Morgan fingerprint density at radius 1 is 1.24 bits per heavy atom. The third kappa shape index (κ3) is 5.42. The molecule has 1 aromatic carbocycles. The number of nitrogens with zero attached hydrogens (tertiary/aromatic N) is 3. The van der Waals surface area contributed by atoms with Gasteiger partial charge in [-0.2, -0.15) is 4.98 Å². The molecular formula is C19H21N5O7S2. The van der Waals surface area contributed by atoms with Crippen LogP contribution in [0.15, 0.2) is 29.2 Å². The van der Waals surface area contributed by atoms with Crippen LogP contribution in [0.5, 0.6) is 5.88 Å². The van der Waals surface area contributed by atoms with Crippen LogP contribution in [0, 0.1) is 17.0 Å². The van der Waals surface area contributed by atoms with Gasteiger partial charge in [0.15, 0.2) is 5.82 Å². The lowest BCUT2D eigenvalue weighted by molar-refractivity contribution is -0.385. The first kappa shape index (κ1) is 24.4. The lowest BCUT2D eigenvalue weighted by Crippen LogP contribution is -2.34. The highest BCUT2D eigenvalue weighted by molar-refractivity contribution is 7.89. The molecule has 176 valence electrons. The van der Waals surface area contributed by atoms with Crippen molar-refractivity contribution >= 4 is 43.2 Å². The van der Waals surface area contributed by atoms with Crippen molar-refractivity contribution in [2.75, 3.05) is 27.3 Å². The number of non-ortho nitro benzene ring substituents is 1. The summed E-state index contributed by atoms with van der Waals surface area (Å²) >= 11 is 1.17. The second-order valence-corrected chi connectivity index (χ2v) is 9.49. The average molecular weight is 496 g/mol. The van der Waals surface area contributed by atoms with Gasteiger partial charge < -0.3 is 14.8 Å². The Kier molecular flexibility index (Phi) is 7.53. The smallest absolute Gasteiger partial charge is 0.270 e. The number of sulfonamides is 1. The van der Waals surface area contributed by atoms with Crippen molar-refractivity contribution in [1.29, 1.82) is 0 Å². The quantitative estimate of drug-likeness (QED) is 0.242. The second kappa shape index (κ2) is 10.2. The van der Waals surface area contributed by atoms with Gasteiger partial charge in [-0.3, -0.25) is 14.9 Å². The van der Waals surface area contributed by atoms with Crippen LogP contribution in [0.25, 0.3) is 10.2 Å². The standard InChI is InChI=1S/C19H21N5O7S2/c1-11-15-18(31-3)22-14(10-30-2)23-19(15)32-16(11)17(25)20-7-8-21-33(28,29)13-6-4-5-12(9-13)24(26)27/h4-6,9,21H,7-8,10H2,1-3H3,(H,20,25). The summed E-state index contributed by atoms with van der Waals surface area (Å²) in [4.78, 5) is 32.3. The van der Waals surface area contributed by atoms with Crippen molar-refractivity contribution < 1.29 is 27.6 Å². The molecule has 0 saturated heterocycles. The maximum absolute atomic E-state index is 12.7. The van der Waals surface area contributed by atoms with Crippen LogP contribution in [-0.2, 0) is 21.4 Å². The second-order valence-electron chi connectivity index (χ2n) is 6.73. The molecule has 3 rings (SSSR count). The maximum atomic E-state index is 12.7. The normalized spacial score (nSPS) is 11.5. The van der Waals surface area contributed by atoms with Crippen LogP contribution < -0.4 is 14.8 Å². The zero-order valence-electron chi connectivity index (χ0n) is 17.9. The van der Waals surface area contributed by atoms with Crippen LogP contribution >= 0.6 is 11.3 Å². The number of hydrogen-bond donors (Lipinski definition) is 2. The fraction of sp³-hybridized carbons (Fsp3) is 0.316. The zero-order valence-corrected chi connectivity index (χ0v) is 19.6. The minimum absolute atomic E-state index is 0.00157. The molecule has 0 atom stereocenters. The number of nitrogens with one attached hydrogen (secondary N) is 2. The van der Waals surface area contributed by atoms with Gasteiger partial charge in [0, 0.05) is 32.3 Å². The molecule has 33 heavy (non-hydrogen) atoms. The van der Waals surface area contributed by atoms with Gasteiger partial charge in [-0.1, -0.05) is 6.07 Å². The van der Waals surface area contributed by atoms with Crippen LogP contribution in [0.3, 0.4) is 0 Å². The van der Waals surface area contributed by atoms with Crippen molar-refractivity contribution in [2.24, 2.45) is 0 Å². The van der Waals surface area contributed by atoms with Crippen molar-refractivity contribution in [3.63, 3.8) is 0 Å². The number of aromatic nitrogens is 2. The number of ether oxygens (including phenoxy) is 2. The minimum Gasteiger partial charge on any atom is -0.480 e. The predicted molar refractivity (Wildman–Crippen MR) is 120 cm³/mol. The van der Waals surface area contributed by atoms with Gasteiger partial charge in [-0.15, -0.1) is 11.3 Å². The number of aryl methyl sites for hydroxylation is 1. The first-order chi connectivity index (χ1) is 15.7. The number of hydrogen-bond acceptors (Lipinski definition) is 10. The maximum Gasteiger partial charge on any atom is 0.270 e. The highest BCUT2D eigenvalue weighted by Gasteiger charge is 2.22. The molecule has 0 saturated carbocycles. The molecule has 0 aliphatic carbocycles. The first-order valence-corrected chi connectivity index (χ1v) is 11.8. The van der Waals surface area contributed by atoms with E-state index in [1.165, 1.54) is 43.8 Å². The molecule has 0 radical (unpaired) electrons. The Labute approximate surface area is 193 Å². The van der Waals surface area contributed by atoms with Gasteiger partial charge in [-0.05, 0) is 18.6 Å². The largest absolute Gasteiger partial charge is 0.480 e. The summed E-state index contributed by atoms with van der Waals surface area (Å²) in [5, 5.41) is 14.1.